The molecule has 1 aliphatic heterocycles. The molecule has 1 aromatic rings. The number of anilines is 1. The summed E-state index contributed by atoms with van der Waals surface area (Å²) in [4.78, 5) is 14.4. The highest BCUT2D eigenvalue weighted by molar-refractivity contribution is 7.99. The zero-order chi connectivity index (χ0) is 16.1. The average Bonchev–Trinajstić information content (AvgIpc) is 3.02. The summed E-state index contributed by atoms with van der Waals surface area (Å²) in [7, 11) is 1.91. The van der Waals surface area contributed by atoms with Gasteiger partial charge in [0.15, 0.2) is 0 Å². The zero-order valence-corrected chi connectivity index (χ0v) is 14.6. The number of hydrogen-bond donors (Lipinski definition) is 1. The Kier molecular flexibility index (Phi) is 5.65. The standard InChI is InChI=1S/C17H26N4OS/c1-20(15-8-11-23-12-9-15)17(22)19-16-7-10-18-21(16)13-14-5-3-2-4-6-14/h2-3,7,10,14-15H,4-6,8-9,11-13H2,1H3,(H,19,22)/t14-/m1/s1. The maximum atomic E-state index is 12.5. The van der Waals surface area contributed by atoms with E-state index in [-0.39, 0.29) is 6.03 Å². The molecule has 1 atom stereocenters. The molecule has 126 valence electrons. The quantitative estimate of drug-likeness (QED) is 0.856. The minimum atomic E-state index is -0.0211. The van der Waals surface area contributed by atoms with Crippen LogP contribution in [-0.2, 0) is 6.54 Å². The first kappa shape index (κ1) is 16.4. The second kappa shape index (κ2) is 7.90. The predicted octanol–water partition coefficient (Wildman–Crippen LogP) is 3.60. The predicted molar refractivity (Wildman–Crippen MR) is 95.8 cm³/mol. The molecule has 2 aliphatic rings. The van der Waals surface area contributed by atoms with Gasteiger partial charge in [0.1, 0.15) is 5.82 Å². The van der Waals surface area contributed by atoms with Crippen LogP contribution in [0.1, 0.15) is 32.1 Å². The van der Waals surface area contributed by atoms with Gasteiger partial charge >= 0.3 is 6.03 Å². The molecule has 1 aromatic heterocycles. The van der Waals surface area contributed by atoms with Gasteiger partial charge in [-0.25, -0.2) is 9.48 Å². The van der Waals surface area contributed by atoms with Crippen LogP contribution in [0.3, 0.4) is 0 Å². The second-order valence-corrected chi connectivity index (χ2v) is 7.66. The van der Waals surface area contributed by atoms with Gasteiger partial charge in [0.2, 0.25) is 0 Å². The fourth-order valence-electron chi connectivity index (χ4n) is 3.29. The third-order valence-electron chi connectivity index (χ3n) is 4.82. The molecule has 0 aromatic carbocycles. The molecule has 2 amide bonds. The average molecular weight is 334 g/mol. The van der Waals surface area contributed by atoms with Crippen molar-refractivity contribution in [2.75, 3.05) is 23.9 Å². The second-order valence-electron chi connectivity index (χ2n) is 6.43. The number of carbonyl (C=O) groups is 1. The number of aromatic nitrogens is 2. The lowest BCUT2D eigenvalue weighted by Crippen LogP contribution is -2.42. The Balaban J connectivity index is 1.58. The van der Waals surface area contributed by atoms with Gasteiger partial charge in [0.05, 0.1) is 6.20 Å². The van der Waals surface area contributed by atoms with Crippen molar-refractivity contribution in [1.82, 2.24) is 14.7 Å². The lowest BCUT2D eigenvalue weighted by molar-refractivity contribution is 0.200. The highest BCUT2D eigenvalue weighted by Crippen LogP contribution is 2.23. The molecule has 0 saturated carbocycles. The first-order valence-corrected chi connectivity index (χ1v) is 9.68. The molecule has 0 radical (unpaired) electrons. The van der Waals surface area contributed by atoms with Crippen LogP contribution >= 0.6 is 11.8 Å². The maximum Gasteiger partial charge on any atom is 0.322 e. The van der Waals surface area contributed by atoms with Crippen molar-refractivity contribution >= 4 is 23.6 Å². The molecule has 1 N–H and O–H groups in total. The summed E-state index contributed by atoms with van der Waals surface area (Å²) in [5, 5.41) is 7.43. The molecule has 3 rings (SSSR count). The summed E-state index contributed by atoms with van der Waals surface area (Å²) < 4.78 is 1.94. The maximum absolute atomic E-state index is 12.5. The normalized spacial score (nSPS) is 22.0. The molecule has 0 spiro atoms. The van der Waals surface area contributed by atoms with Crippen LogP contribution in [0.5, 0.6) is 0 Å². The number of amides is 2. The van der Waals surface area contributed by atoms with Crippen LogP contribution in [0.15, 0.2) is 24.4 Å². The van der Waals surface area contributed by atoms with Gasteiger partial charge in [0, 0.05) is 25.7 Å². The third-order valence-corrected chi connectivity index (χ3v) is 5.87. The lowest BCUT2D eigenvalue weighted by Gasteiger charge is -2.31. The van der Waals surface area contributed by atoms with Crippen LogP contribution < -0.4 is 5.32 Å². The molecular formula is C17H26N4OS. The Morgan fingerprint density at radius 1 is 1.39 bits per heavy atom. The number of hydrogen-bond acceptors (Lipinski definition) is 3. The molecule has 1 aliphatic carbocycles. The Morgan fingerprint density at radius 3 is 2.96 bits per heavy atom. The third kappa shape index (κ3) is 4.31. The summed E-state index contributed by atoms with van der Waals surface area (Å²) in [6.45, 7) is 0.872. The zero-order valence-electron chi connectivity index (χ0n) is 13.8. The van der Waals surface area contributed by atoms with Crippen molar-refractivity contribution in [3.05, 3.63) is 24.4 Å². The first-order chi connectivity index (χ1) is 11.2. The Morgan fingerprint density at radius 2 is 2.22 bits per heavy atom. The number of rotatable bonds is 4. The van der Waals surface area contributed by atoms with Gasteiger partial charge in [-0.2, -0.15) is 16.9 Å². The van der Waals surface area contributed by atoms with E-state index in [9.17, 15) is 4.79 Å². The van der Waals surface area contributed by atoms with E-state index in [1.54, 1.807) is 6.20 Å². The number of carbonyl (C=O) groups excluding carboxylic acids is 1. The van der Waals surface area contributed by atoms with Crippen LogP contribution in [0, 0.1) is 5.92 Å². The molecule has 1 fully saturated rings. The highest BCUT2D eigenvalue weighted by Gasteiger charge is 2.23. The van der Waals surface area contributed by atoms with E-state index in [2.05, 4.69) is 22.6 Å². The molecule has 0 unspecified atom stereocenters. The number of nitrogens with zero attached hydrogens (tertiary/aromatic N) is 3. The lowest BCUT2D eigenvalue weighted by atomic mass is 9.94. The van der Waals surface area contributed by atoms with E-state index in [0.717, 1.165) is 49.6 Å². The van der Waals surface area contributed by atoms with E-state index < -0.39 is 0 Å². The van der Waals surface area contributed by atoms with Crippen molar-refractivity contribution in [2.45, 2.75) is 44.7 Å². The summed E-state index contributed by atoms with van der Waals surface area (Å²) in [5.74, 6) is 3.72. The van der Waals surface area contributed by atoms with Crippen molar-refractivity contribution < 1.29 is 4.79 Å². The Bertz CT molecular complexity index is 551. The van der Waals surface area contributed by atoms with Crippen LogP contribution in [0.4, 0.5) is 10.6 Å². The van der Waals surface area contributed by atoms with Crippen molar-refractivity contribution in [3.8, 4) is 0 Å². The van der Waals surface area contributed by atoms with Gasteiger partial charge in [-0.3, -0.25) is 5.32 Å². The Hall–Kier alpha value is -1.43. The number of nitrogens with one attached hydrogen (secondary N) is 1. The van der Waals surface area contributed by atoms with E-state index >= 15 is 0 Å². The van der Waals surface area contributed by atoms with E-state index in [0.29, 0.717) is 12.0 Å². The number of urea groups is 1. The first-order valence-electron chi connectivity index (χ1n) is 8.52. The van der Waals surface area contributed by atoms with Crippen molar-refractivity contribution in [3.63, 3.8) is 0 Å². The van der Waals surface area contributed by atoms with E-state index in [1.165, 1.54) is 6.42 Å². The summed E-state index contributed by atoms with van der Waals surface area (Å²) in [6, 6.07) is 2.23. The van der Waals surface area contributed by atoms with Gasteiger partial charge in [0.25, 0.3) is 0 Å². The van der Waals surface area contributed by atoms with Gasteiger partial charge < -0.3 is 4.90 Å². The van der Waals surface area contributed by atoms with Gasteiger partial charge in [-0.15, -0.1) is 0 Å². The molecular weight excluding hydrogens is 308 g/mol. The molecule has 6 heteroatoms. The summed E-state index contributed by atoms with van der Waals surface area (Å²) in [5.41, 5.74) is 0. The van der Waals surface area contributed by atoms with Gasteiger partial charge in [-0.05, 0) is 49.5 Å². The van der Waals surface area contributed by atoms with E-state index in [1.807, 2.05) is 34.5 Å². The van der Waals surface area contributed by atoms with E-state index in [4.69, 9.17) is 0 Å². The fourth-order valence-corrected chi connectivity index (χ4v) is 4.37. The topological polar surface area (TPSA) is 50.2 Å². The number of allylic oxidation sites excluding steroid dienone is 2. The van der Waals surface area contributed by atoms with Gasteiger partial charge in [-0.1, -0.05) is 12.2 Å². The SMILES string of the molecule is CN(C(=O)Nc1ccnn1C[C@@H]1CC=CCC1)C1CCSCC1. The molecule has 23 heavy (non-hydrogen) atoms. The molecule has 1 saturated heterocycles. The fraction of sp³-hybridized carbons (Fsp3) is 0.647. The Labute approximate surface area is 142 Å². The minimum absolute atomic E-state index is 0.0211. The van der Waals surface area contributed by atoms with Crippen LogP contribution in [0.2, 0.25) is 0 Å². The number of thioether (sulfide) groups is 1. The van der Waals surface area contributed by atoms with Crippen molar-refractivity contribution in [1.29, 1.82) is 0 Å². The monoisotopic (exact) mass is 334 g/mol. The minimum Gasteiger partial charge on any atom is -0.325 e. The summed E-state index contributed by atoms with van der Waals surface area (Å²) >= 11 is 1.98. The van der Waals surface area contributed by atoms with Crippen LogP contribution in [0.25, 0.3) is 0 Å². The molecule has 0 bridgehead atoms. The summed E-state index contributed by atoms with van der Waals surface area (Å²) in [6.07, 6.45) is 11.9. The molecule has 5 nitrogen and oxygen atoms in total. The molecule has 2 heterocycles. The largest absolute Gasteiger partial charge is 0.325 e. The van der Waals surface area contributed by atoms with Crippen molar-refractivity contribution in [2.24, 2.45) is 5.92 Å². The highest BCUT2D eigenvalue weighted by atomic mass is 32.2. The van der Waals surface area contributed by atoms with Crippen LogP contribution in [-0.4, -0.2) is 45.3 Å². The smallest absolute Gasteiger partial charge is 0.322 e.